The van der Waals surface area contributed by atoms with E-state index < -0.39 is 0 Å². The number of hydrogen-bond donors (Lipinski definition) is 0. The van der Waals surface area contributed by atoms with E-state index in [0.29, 0.717) is 17.1 Å². The summed E-state index contributed by atoms with van der Waals surface area (Å²) in [6, 6.07) is 11.1. The molecule has 7 heteroatoms. The van der Waals surface area contributed by atoms with E-state index in [1.54, 1.807) is 54.6 Å². The molecule has 0 aliphatic rings. The predicted molar refractivity (Wildman–Crippen MR) is 102 cm³/mol. The Bertz CT molecular complexity index is 836. The molecule has 0 amide bonds. The fraction of sp³-hybridized carbons (Fsp3) is 0.167. The van der Waals surface area contributed by atoms with E-state index in [0.717, 1.165) is 10.6 Å². The van der Waals surface area contributed by atoms with Gasteiger partial charge in [-0.25, -0.2) is 4.57 Å². The van der Waals surface area contributed by atoms with Crippen molar-refractivity contribution >= 4 is 34.1 Å². The van der Waals surface area contributed by atoms with Gasteiger partial charge in [-0.2, -0.15) is 0 Å². The molecule has 0 N–H and O–H groups in total. The molecule has 25 heavy (non-hydrogen) atoms. The fourth-order valence-corrected chi connectivity index (χ4v) is 3.02. The van der Waals surface area contributed by atoms with Crippen LogP contribution in [0.5, 0.6) is 11.5 Å². The second kappa shape index (κ2) is 8.73. The first-order valence-electron chi connectivity index (χ1n) is 7.35. The van der Waals surface area contributed by atoms with Crippen LogP contribution in [0.3, 0.4) is 0 Å². The van der Waals surface area contributed by atoms with Crippen LogP contribution in [-0.4, -0.2) is 25.0 Å². The highest BCUT2D eigenvalue weighted by molar-refractivity contribution is 8.93. The van der Waals surface area contributed by atoms with Crippen LogP contribution in [0, 0.1) is 0 Å². The maximum absolute atomic E-state index is 12.5. The molecule has 0 saturated carbocycles. The zero-order valence-corrected chi connectivity index (χ0v) is 16.4. The number of Topliss-reactive ketones (excluding diaryl/α,β-unsaturated/α-hetero) is 1. The minimum atomic E-state index is -0.0216. The number of benzene rings is 1. The third kappa shape index (κ3) is 4.43. The van der Waals surface area contributed by atoms with Gasteiger partial charge in [0, 0.05) is 11.6 Å². The lowest BCUT2D eigenvalue weighted by molar-refractivity contribution is -0.686. The summed E-state index contributed by atoms with van der Waals surface area (Å²) in [5, 5.41) is 2.01. The lowest BCUT2D eigenvalue weighted by Gasteiger charge is -2.08. The molecule has 0 bridgehead atoms. The minimum absolute atomic E-state index is 0. The van der Waals surface area contributed by atoms with E-state index in [9.17, 15) is 4.79 Å². The van der Waals surface area contributed by atoms with Gasteiger partial charge in [0.15, 0.2) is 23.7 Å². The number of methoxy groups -OCH3 is 2. The van der Waals surface area contributed by atoms with Crippen molar-refractivity contribution in [3.05, 3.63) is 59.9 Å². The molecule has 0 aliphatic carbocycles. The predicted octanol–water partition coefficient (Wildman–Crippen LogP) is 3.58. The van der Waals surface area contributed by atoms with Crippen LogP contribution in [-0.2, 0) is 6.54 Å². The standard InChI is InChI=1S/C18H17N2O3S.BrH/c1-22-16-6-5-13(10-17(16)23-2)15(21)11-20-8-7-14(19-12-20)18-4-3-9-24-18;/h3-10,12H,11H2,1-2H3;1H/q+1;. The van der Waals surface area contributed by atoms with Crippen LogP contribution in [0.4, 0.5) is 0 Å². The minimum Gasteiger partial charge on any atom is -0.493 e. The van der Waals surface area contributed by atoms with Crippen molar-refractivity contribution in [1.29, 1.82) is 0 Å². The number of hydrogen-bond acceptors (Lipinski definition) is 5. The topological polar surface area (TPSA) is 52.3 Å². The number of carbonyl (C=O) groups is 1. The van der Waals surface area contributed by atoms with Gasteiger partial charge < -0.3 is 9.47 Å². The quantitative estimate of drug-likeness (QED) is 0.450. The van der Waals surface area contributed by atoms with Crippen LogP contribution in [0.2, 0.25) is 0 Å². The fourth-order valence-electron chi connectivity index (χ4n) is 2.31. The highest BCUT2D eigenvalue weighted by Gasteiger charge is 2.14. The van der Waals surface area contributed by atoms with Crippen molar-refractivity contribution in [2.24, 2.45) is 0 Å². The first kappa shape index (κ1) is 19.1. The van der Waals surface area contributed by atoms with E-state index in [-0.39, 0.29) is 29.3 Å². The highest BCUT2D eigenvalue weighted by atomic mass is 79.9. The molecular weight excluding hydrogens is 404 g/mol. The van der Waals surface area contributed by atoms with E-state index in [4.69, 9.17) is 9.47 Å². The second-order valence-electron chi connectivity index (χ2n) is 5.09. The second-order valence-corrected chi connectivity index (χ2v) is 6.04. The third-order valence-electron chi connectivity index (χ3n) is 3.57. The van der Waals surface area contributed by atoms with E-state index in [1.807, 2.05) is 29.8 Å². The van der Waals surface area contributed by atoms with Crippen molar-refractivity contribution in [3.8, 4) is 22.1 Å². The maximum Gasteiger partial charge on any atom is 0.287 e. The number of ether oxygens (including phenoxy) is 2. The molecule has 130 valence electrons. The Kier molecular flexibility index (Phi) is 6.66. The van der Waals surface area contributed by atoms with Crippen molar-refractivity contribution in [1.82, 2.24) is 4.98 Å². The van der Waals surface area contributed by atoms with Crippen LogP contribution in [0.15, 0.2) is 54.3 Å². The molecular formula is C18H18BrN2O3S+. The molecule has 0 atom stereocenters. The van der Waals surface area contributed by atoms with E-state index in [2.05, 4.69) is 4.98 Å². The summed E-state index contributed by atoms with van der Waals surface area (Å²) in [4.78, 5) is 18.0. The molecule has 0 spiro atoms. The van der Waals surface area contributed by atoms with Crippen molar-refractivity contribution in [3.63, 3.8) is 0 Å². The first-order valence-corrected chi connectivity index (χ1v) is 8.23. The van der Waals surface area contributed by atoms with Gasteiger partial charge in [-0.3, -0.25) is 4.79 Å². The normalized spacial score (nSPS) is 10.0. The SMILES string of the molecule is Br.COc1ccc(C(=O)C[n+]2ccc(-c3cccs3)nc2)cc1OC. The smallest absolute Gasteiger partial charge is 0.287 e. The summed E-state index contributed by atoms with van der Waals surface area (Å²) in [7, 11) is 3.12. The van der Waals surface area contributed by atoms with Crippen LogP contribution in [0.25, 0.3) is 10.6 Å². The van der Waals surface area contributed by atoms with Gasteiger partial charge in [-0.15, -0.1) is 28.3 Å². The Balaban J connectivity index is 0.00000225. The summed E-state index contributed by atoms with van der Waals surface area (Å²) in [5.74, 6) is 1.12. The average molecular weight is 422 g/mol. The van der Waals surface area contributed by atoms with Crippen LogP contribution in [0.1, 0.15) is 10.4 Å². The summed E-state index contributed by atoms with van der Waals surface area (Å²) in [6.45, 7) is 0.215. The van der Waals surface area contributed by atoms with Crippen molar-refractivity contribution in [2.45, 2.75) is 6.54 Å². The Morgan fingerprint density at radius 2 is 1.96 bits per heavy atom. The molecule has 0 unspecified atom stereocenters. The van der Waals surface area contributed by atoms with Gasteiger partial charge >= 0.3 is 0 Å². The maximum atomic E-state index is 12.5. The number of carbonyl (C=O) groups excluding carboxylic acids is 1. The monoisotopic (exact) mass is 421 g/mol. The number of ketones is 1. The number of rotatable bonds is 6. The van der Waals surface area contributed by atoms with Crippen LogP contribution < -0.4 is 14.0 Å². The molecule has 3 aromatic rings. The Hall–Kier alpha value is -2.25. The third-order valence-corrected chi connectivity index (χ3v) is 4.47. The lowest BCUT2D eigenvalue weighted by Crippen LogP contribution is -2.37. The molecule has 5 nitrogen and oxygen atoms in total. The lowest BCUT2D eigenvalue weighted by atomic mass is 10.1. The molecule has 3 rings (SSSR count). The zero-order chi connectivity index (χ0) is 16.9. The largest absolute Gasteiger partial charge is 0.493 e. The molecule has 0 saturated heterocycles. The summed E-state index contributed by atoms with van der Waals surface area (Å²) in [6.07, 6.45) is 3.54. The Morgan fingerprint density at radius 1 is 1.16 bits per heavy atom. The summed E-state index contributed by atoms with van der Waals surface area (Å²) < 4.78 is 12.2. The summed E-state index contributed by atoms with van der Waals surface area (Å²) in [5.41, 5.74) is 1.47. The van der Waals surface area contributed by atoms with Gasteiger partial charge in [0.1, 0.15) is 0 Å². The first-order chi connectivity index (χ1) is 11.7. The molecule has 0 aliphatic heterocycles. The molecule has 1 aromatic carbocycles. The number of halogens is 1. The van der Waals surface area contributed by atoms with E-state index in [1.165, 1.54) is 0 Å². The number of aromatic nitrogens is 2. The van der Waals surface area contributed by atoms with Gasteiger partial charge in [-0.1, -0.05) is 6.07 Å². The molecule has 0 fully saturated rings. The van der Waals surface area contributed by atoms with Gasteiger partial charge in [0.2, 0.25) is 5.78 Å². The van der Waals surface area contributed by atoms with Gasteiger partial charge in [-0.05, 0) is 34.6 Å². The van der Waals surface area contributed by atoms with Crippen LogP contribution >= 0.6 is 28.3 Å². The molecule has 2 heterocycles. The molecule has 0 radical (unpaired) electrons. The Labute approximate surface area is 160 Å². The molecule has 2 aromatic heterocycles. The average Bonchev–Trinajstić information content (AvgIpc) is 3.16. The van der Waals surface area contributed by atoms with Crippen molar-refractivity contribution in [2.75, 3.05) is 14.2 Å². The van der Waals surface area contributed by atoms with E-state index >= 15 is 0 Å². The summed E-state index contributed by atoms with van der Waals surface area (Å²) >= 11 is 1.64. The van der Waals surface area contributed by atoms with Crippen molar-refractivity contribution < 1.29 is 18.8 Å². The van der Waals surface area contributed by atoms with Gasteiger partial charge in [0.25, 0.3) is 6.33 Å². The van der Waals surface area contributed by atoms with Gasteiger partial charge in [0.05, 0.1) is 25.3 Å². The number of thiophene rings is 1. The highest BCUT2D eigenvalue weighted by Crippen LogP contribution is 2.27. The number of nitrogens with zero attached hydrogens (tertiary/aromatic N) is 2. The zero-order valence-electron chi connectivity index (χ0n) is 13.8. The Morgan fingerprint density at radius 3 is 2.56 bits per heavy atom.